The number of oxazole rings is 1. The number of alkyl halides is 2. The van der Waals surface area contributed by atoms with E-state index in [1.54, 1.807) is 18.2 Å². The summed E-state index contributed by atoms with van der Waals surface area (Å²) < 4.78 is 43.2. The number of halogens is 2. The first-order chi connectivity index (χ1) is 15.4. The Labute approximate surface area is 192 Å². The van der Waals surface area contributed by atoms with Crippen molar-refractivity contribution in [3.05, 3.63) is 66.3 Å². The standard InChI is InChI=1S/C26H29F2NO4/c1-16-7-8-19(31-14-25(4,5)17(2)18(3)30)9-11-21(16)24-29-22-12-10-20(13-23(22)33-24)32-15-26(6,27)28/h7-13,16H,2,14-15H2,1,3-6H3. The molecule has 0 radical (unpaired) electrons. The molecule has 0 saturated heterocycles. The first-order valence-electron chi connectivity index (χ1n) is 10.7. The van der Waals surface area contributed by atoms with Gasteiger partial charge in [0.25, 0.3) is 5.92 Å². The Morgan fingerprint density at radius 1 is 1.18 bits per heavy atom. The predicted molar refractivity (Wildman–Crippen MR) is 124 cm³/mol. The quantitative estimate of drug-likeness (QED) is 0.401. The topological polar surface area (TPSA) is 61.6 Å². The van der Waals surface area contributed by atoms with Crippen LogP contribution in [0.5, 0.6) is 5.75 Å². The fraction of sp³-hybridized carbons (Fsp3) is 0.385. The molecule has 0 N–H and O–H groups in total. The van der Waals surface area contributed by atoms with E-state index in [1.165, 1.54) is 6.92 Å². The lowest BCUT2D eigenvalue weighted by Crippen LogP contribution is -2.24. The second-order valence-corrected chi connectivity index (χ2v) is 9.05. The third-order valence-electron chi connectivity index (χ3n) is 5.41. The zero-order valence-electron chi connectivity index (χ0n) is 19.6. The number of Topliss-reactive ketones (excluding diaryl/α,β-unsaturated/α-hetero) is 1. The van der Waals surface area contributed by atoms with E-state index in [4.69, 9.17) is 13.9 Å². The Balaban J connectivity index is 1.79. The minimum atomic E-state index is -2.92. The zero-order chi connectivity index (χ0) is 24.4. The number of ether oxygens (including phenoxy) is 2. The third kappa shape index (κ3) is 6.18. The average Bonchev–Trinajstić information content (AvgIpc) is 3.05. The summed E-state index contributed by atoms with van der Waals surface area (Å²) in [7, 11) is 0. The summed E-state index contributed by atoms with van der Waals surface area (Å²) >= 11 is 0. The number of hydrogen-bond acceptors (Lipinski definition) is 5. The van der Waals surface area contributed by atoms with Crippen LogP contribution in [0, 0.1) is 11.3 Å². The van der Waals surface area contributed by atoms with Crippen LogP contribution in [-0.4, -0.2) is 29.9 Å². The summed E-state index contributed by atoms with van der Waals surface area (Å²) in [4.78, 5) is 16.2. The van der Waals surface area contributed by atoms with Gasteiger partial charge < -0.3 is 13.9 Å². The molecule has 0 fully saturated rings. The minimum absolute atomic E-state index is 0.00916. The Kier molecular flexibility index (Phi) is 6.91. The number of aromatic nitrogens is 1. The summed E-state index contributed by atoms with van der Waals surface area (Å²) in [6, 6.07) is 4.83. The first kappa shape index (κ1) is 24.4. The number of benzene rings is 1. The maximum atomic E-state index is 13.1. The van der Waals surface area contributed by atoms with Crippen molar-refractivity contribution in [1.29, 1.82) is 0 Å². The van der Waals surface area contributed by atoms with E-state index in [2.05, 4.69) is 11.6 Å². The van der Waals surface area contributed by atoms with E-state index in [-0.39, 0.29) is 11.7 Å². The van der Waals surface area contributed by atoms with Crippen molar-refractivity contribution < 1.29 is 27.5 Å². The lowest BCUT2D eigenvalue weighted by molar-refractivity contribution is -0.114. The molecule has 0 amide bonds. The fourth-order valence-electron chi connectivity index (χ4n) is 3.24. The number of fused-ring (bicyclic) bond motifs is 1. The van der Waals surface area contributed by atoms with Gasteiger partial charge in [-0.3, -0.25) is 4.79 Å². The van der Waals surface area contributed by atoms with Gasteiger partial charge in [0.05, 0.1) is 6.61 Å². The van der Waals surface area contributed by atoms with Crippen LogP contribution >= 0.6 is 0 Å². The zero-order valence-corrected chi connectivity index (χ0v) is 19.6. The average molecular weight is 458 g/mol. The number of carbonyl (C=O) groups is 1. The van der Waals surface area contributed by atoms with Crippen LogP contribution in [0.25, 0.3) is 16.7 Å². The summed E-state index contributed by atoms with van der Waals surface area (Å²) in [6.07, 6.45) is 7.56. The van der Waals surface area contributed by atoms with Crippen molar-refractivity contribution in [1.82, 2.24) is 4.98 Å². The third-order valence-corrected chi connectivity index (χ3v) is 5.41. The van der Waals surface area contributed by atoms with Crippen LogP contribution in [-0.2, 0) is 9.53 Å². The number of carbonyl (C=O) groups excluding carboxylic acids is 1. The van der Waals surface area contributed by atoms with E-state index < -0.39 is 17.9 Å². The molecular weight excluding hydrogens is 428 g/mol. The predicted octanol–water partition coefficient (Wildman–Crippen LogP) is 6.52. The molecule has 0 bridgehead atoms. The molecule has 0 spiro atoms. The Hall–Kier alpha value is -3.22. The lowest BCUT2D eigenvalue weighted by Gasteiger charge is -2.26. The van der Waals surface area contributed by atoms with Gasteiger partial charge in [-0.1, -0.05) is 33.4 Å². The molecule has 176 valence electrons. The highest BCUT2D eigenvalue weighted by molar-refractivity contribution is 5.93. The van der Waals surface area contributed by atoms with E-state index in [0.29, 0.717) is 40.7 Å². The normalized spacial score (nSPS) is 16.8. The van der Waals surface area contributed by atoms with Crippen LogP contribution < -0.4 is 4.74 Å². The second kappa shape index (κ2) is 9.33. The van der Waals surface area contributed by atoms with Gasteiger partial charge in [-0.15, -0.1) is 0 Å². The molecule has 1 aromatic carbocycles. The minimum Gasteiger partial charge on any atom is -0.493 e. The largest absolute Gasteiger partial charge is 0.493 e. The van der Waals surface area contributed by atoms with E-state index >= 15 is 0 Å². The molecule has 0 saturated carbocycles. The summed E-state index contributed by atoms with van der Waals surface area (Å²) in [5.74, 6) is -1.62. The maximum absolute atomic E-state index is 13.1. The Bertz CT molecular complexity index is 1150. The molecule has 3 rings (SSSR count). The molecule has 1 atom stereocenters. The highest BCUT2D eigenvalue weighted by atomic mass is 19.3. The van der Waals surface area contributed by atoms with Gasteiger partial charge in [-0.25, -0.2) is 13.8 Å². The molecule has 5 nitrogen and oxygen atoms in total. The Morgan fingerprint density at radius 3 is 2.58 bits per heavy atom. The van der Waals surface area contributed by atoms with Crippen LogP contribution in [0.2, 0.25) is 0 Å². The van der Waals surface area contributed by atoms with Crippen LogP contribution in [0.3, 0.4) is 0 Å². The van der Waals surface area contributed by atoms with Gasteiger partial charge in [-0.05, 0) is 42.9 Å². The maximum Gasteiger partial charge on any atom is 0.278 e. The van der Waals surface area contributed by atoms with Crippen LogP contribution in [0.15, 0.2) is 64.8 Å². The summed E-state index contributed by atoms with van der Waals surface area (Å²) in [5, 5.41) is 0. The van der Waals surface area contributed by atoms with Crippen molar-refractivity contribution in [2.45, 2.75) is 40.5 Å². The molecule has 0 aliphatic heterocycles. The smallest absolute Gasteiger partial charge is 0.278 e. The Morgan fingerprint density at radius 2 is 1.91 bits per heavy atom. The number of ketones is 1. The number of nitrogens with zero attached hydrogens (tertiary/aromatic N) is 1. The van der Waals surface area contributed by atoms with Gasteiger partial charge in [0, 0.05) is 29.9 Å². The van der Waals surface area contributed by atoms with E-state index in [0.717, 1.165) is 12.5 Å². The van der Waals surface area contributed by atoms with Gasteiger partial charge in [0.1, 0.15) is 17.0 Å². The molecule has 7 heteroatoms. The molecule has 1 aliphatic carbocycles. The van der Waals surface area contributed by atoms with Crippen LogP contribution in [0.4, 0.5) is 8.78 Å². The van der Waals surface area contributed by atoms with Gasteiger partial charge in [0.2, 0.25) is 5.89 Å². The monoisotopic (exact) mass is 457 g/mol. The second-order valence-electron chi connectivity index (χ2n) is 9.05. The van der Waals surface area contributed by atoms with E-state index in [9.17, 15) is 13.6 Å². The highest BCUT2D eigenvalue weighted by Gasteiger charge is 2.26. The van der Waals surface area contributed by atoms with Crippen LogP contribution in [0.1, 0.15) is 40.5 Å². The fourth-order valence-corrected chi connectivity index (χ4v) is 3.24. The highest BCUT2D eigenvalue weighted by Crippen LogP contribution is 2.32. The molecule has 1 aliphatic rings. The molecule has 2 aromatic rings. The van der Waals surface area contributed by atoms with Crippen molar-refractivity contribution in [3.8, 4) is 5.75 Å². The number of rotatable bonds is 9. The summed E-state index contributed by atoms with van der Waals surface area (Å²) in [6.45, 7) is 11.6. The van der Waals surface area contributed by atoms with Crippen molar-refractivity contribution in [3.63, 3.8) is 0 Å². The SMILES string of the molecule is C=C(C(C)=O)C(C)(C)COC1=CC=C(c2nc3ccc(OCC(C)(F)F)cc3o2)C(C)C=C1. The molecule has 33 heavy (non-hydrogen) atoms. The molecular formula is C26H29F2NO4. The van der Waals surface area contributed by atoms with Crippen molar-refractivity contribution in [2.24, 2.45) is 11.3 Å². The van der Waals surface area contributed by atoms with Crippen molar-refractivity contribution in [2.75, 3.05) is 13.2 Å². The molecule has 1 aromatic heterocycles. The molecule has 1 unspecified atom stereocenters. The number of hydrogen-bond donors (Lipinski definition) is 0. The van der Waals surface area contributed by atoms with E-state index in [1.807, 2.05) is 45.1 Å². The molecule has 1 heterocycles. The van der Waals surface area contributed by atoms with Gasteiger partial charge in [-0.2, -0.15) is 0 Å². The van der Waals surface area contributed by atoms with Gasteiger partial charge >= 0.3 is 0 Å². The number of allylic oxidation sites excluding steroid dienone is 5. The summed E-state index contributed by atoms with van der Waals surface area (Å²) in [5.41, 5.74) is 1.92. The lowest BCUT2D eigenvalue weighted by atomic mass is 9.84. The van der Waals surface area contributed by atoms with Crippen molar-refractivity contribution >= 4 is 22.5 Å². The first-order valence-corrected chi connectivity index (χ1v) is 10.7. The van der Waals surface area contributed by atoms with Gasteiger partial charge in [0.15, 0.2) is 18.0 Å².